The van der Waals surface area contributed by atoms with Crippen LogP contribution in [0, 0.1) is 35.8 Å². The van der Waals surface area contributed by atoms with E-state index in [2.05, 4.69) is 45.5 Å². The van der Waals surface area contributed by atoms with Gasteiger partial charge in [-0.1, -0.05) is 46.8 Å². The normalized spacial score (nSPS) is 11.6. The lowest BCUT2D eigenvalue weighted by molar-refractivity contribution is -0.402. The van der Waals surface area contributed by atoms with Crippen molar-refractivity contribution in [3.63, 3.8) is 0 Å². The summed E-state index contributed by atoms with van der Waals surface area (Å²) in [4.78, 5) is 30.8. The maximum atomic E-state index is 11.3. The minimum absolute atomic E-state index is 0.0934. The van der Waals surface area contributed by atoms with Gasteiger partial charge in [0.1, 0.15) is 0 Å². The Balaban J connectivity index is 2.31. The van der Waals surface area contributed by atoms with Crippen LogP contribution in [0.3, 0.4) is 0 Å². The van der Waals surface area contributed by atoms with E-state index in [-0.39, 0.29) is 10.8 Å². The number of nitrogens with one attached hydrogen (secondary N) is 1. The van der Waals surface area contributed by atoms with Gasteiger partial charge < -0.3 is 0 Å². The van der Waals surface area contributed by atoms with Gasteiger partial charge >= 0.3 is 11.4 Å². The Kier molecular flexibility index (Phi) is 6.48. The molecule has 0 bridgehead atoms. The predicted molar refractivity (Wildman–Crippen MR) is 115 cm³/mol. The molecule has 1 N–H and O–H groups in total. The van der Waals surface area contributed by atoms with E-state index in [1.54, 1.807) is 12.1 Å². The van der Waals surface area contributed by atoms with E-state index in [9.17, 15) is 30.3 Å². The molecule has 0 heterocycles. The minimum Gasteiger partial charge on any atom is -0.277 e. The predicted octanol–water partition coefficient (Wildman–Crippen LogP) is 5.39. The molecular formula is C20H24N5O6. The summed E-state index contributed by atoms with van der Waals surface area (Å²) >= 11 is 0. The van der Waals surface area contributed by atoms with Crippen LogP contribution in [-0.2, 0) is 5.41 Å². The third-order valence-corrected chi connectivity index (χ3v) is 4.59. The Labute approximate surface area is 178 Å². The molecule has 0 aliphatic rings. The number of non-ortho nitro benzene ring substituents is 1. The molecule has 11 heteroatoms. The second kappa shape index (κ2) is 8.54. The minimum atomic E-state index is -0.946. The van der Waals surface area contributed by atoms with Crippen LogP contribution in [0.25, 0.3) is 0 Å². The largest absolute Gasteiger partial charge is 0.310 e. The highest BCUT2D eigenvalue weighted by atomic mass is 16.6. The average Bonchev–Trinajstić information content (AvgIpc) is 2.63. The van der Waals surface area contributed by atoms with Crippen molar-refractivity contribution in [1.29, 1.82) is 0 Å². The second-order valence-electron chi connectivity index (χ2n) is 9.03. The fourth-order valence-electron chi connectivity index (χ4n) is 3.63. The molecule has 0 aliphatic carbocycles. The summed E-state index contributed by atoms with van der Waals surface area (Å²) in [6, 6.07) is 8.50. The van der Waals surface area contributed by atoms with E-state index in [0.29, 0.717) is 17.8 Å². The Morgan fingerprint density at radius 3 is 1.71 bits per heavy atom. The number of nitro groups is 3. The van der Waals surface area contributed by atoms with Gasteiger partial charge in [-0.05, 0) is 34.9 Å². The van der Waals surface area contributed by atoms with E-state index in [0.717, 1.165) is 12.0 Å². The smallest absolute Gasteiger partial charge is 0.277 e. The zero-order chi connectivity index (χ0) is 23.6. The first kappa shape index (κ1) is 23.5. The molecule has 0 spiro atoms. The van der Waals surface area contributed by atoms with Crippen LogP contribution in [0.4, 0.5) is 28.4 Å². The molecule has 0 saturated heterocycles. The summed E-state index contributed by atoms with van der Waals surface area (Å²) < 4.78 is 0. The molecule has 0 fully saturated rings. The van der Waals surface area contributed by atoms with Gasteiger partial charge in [0.25, 0.3) is 5.69 Å². The number of nitrogens with zero attached hydrogens (tertiary/aromatic N) is 4. The molecule has 2 rings (SSSR count). The van der Waals surface area contributed by atoms with E-state index >= 15 is 0 Å². The van der Waals surface area contributed by atoms with Gasteiger partial charge in [0.15, 0.2) is 0 Å². The van der Waals surface area contributed by atoms with Crippen molar-refractivity contribution >= 4 is 28.4 Å². The van der Waals surface area contributed by atoms with Crippen molar-refractivity contribution in [3.05, 3.63) is 72.3 Å². The zero-order valence-corrected chi connectivity index (χ0v) is 17.9. The monoisotopic (exact) mass is 430 g/mol. The summed E-state index contributed by atoms with van der Waals surface area (Å²) in [6.45, 7) is 10.7. The van der Waals surface area contributed by atoms with Gasteiger partial charge in [-0.3, -0.25) is 35.8 Å². The van der Waals surface area contributed by atoms with Gasteiger partial charge in [0.05, 0.1) is 32.6 Å². The Morgan fingerprint density at radius 2 is 1.32 bits per heavy atom. The van der Waals surface area contributed by atoms with Gasteiger partial charge in [-0.25, -0.2) is 0 Å². The first-order valence-electron chi connectivity index (χ1n) is 9.40. The van der Waals surface area contributed by atoms with Crippen molar-refractivity contribution in [1.82, 2.24) is 5.43 Å². The van der Waals surface area contributed by atoms with Crippen molar-refractivity contribution < 1.29 is 14.8 Å². The lowest BCUT2D eigenvalue weighted by atomic mass is 9.72. The lowest BCUT2D eigenvalue weighted by Crippen LogP contribution is -2.24. The van der Waals surface area contributed by atoms with E-state index in [1.807, 2.05) is 12.1 Å². The molecule has 2 aromatic rings. The van der Waals surface area contributed by atoms with Crippen molar-refractivity contribution in [2.24, 2.45) is 5.41 Å². The van der Waals surface area contributed by atoms with Gasteiger partial charge in [0.2, 0.25) is 5.69 Å². The Morgan fingerprint density at radius 1 is 0.839 bits per heavy atom. The molecule has 31 heavy (non-hydrogen) atoms. The average molecular weight is 430 g/mol. The van der Waals surface area contributed by atoms with E-state index in [1.165, 1.54) is 0 Å². The Hall–Kier alpha value is -3.76. The van der Waals surface area contributed by atoms with Crippen molar-refractivity contribution in [3.8, 4) is 0 Å². The molecule has 0 saturated carbocycles. The number of nitro benzene ring substituents is 3. The van der Waals surface area contributed by atoms with Gasteiger partial charge in [-0.15, -0.1) is 0 Å². The molecule has 11 nitrogen and oxygen atoms in total. The highest BCUT2D eigenvalue weighted by molar-refractivity contribution is 5.74. The standard InChI is InChI=1S/C20H24N5O6/c1-19(2,3)12-20(4,5)13-6-8-14(9-7-13)21-22-18-16(24(28)29)10-15(23(26)27)11-17(18)25(30)31/h6-11,21H,12H2,1-5H3. The molecule has 0 amide bonds. The Bertz CT molecular complexity index is 977. The van der Waals surface area contributed by atoms with Crippen molar-refractivity contribution in [2.75, 3.05) is 5.43 Å². The molecule has 0 unspecified atom stereocenters. The van der Waals surface area contributed by atoms with E-state index in [4.69, 9.17) is 0 Å². The maximum absolute atomic E-state index is 11.3. The number of benzene rings is 2. The second-order valence-corrected chi connectivity index (χ2v) is 9.03. The first-order chi connectivity index (χ1) is 14.2. The SMILES string of the molecule is CC(C)(C)CC(C)(C)c1ccc(N[N]c2c([N+](=O)[O-])cc([N+](=O)[O-])cc2[N+](=O)[O-])cc1. The maximum Gasteiger partial charge on any atom is 0.310 e. The third-order valence-electron chi connectivity index (χ3n) is 4.59. The molecule has 1 radical (unpaired) electrons. The summed E-state index contributed by atoms with van der Waals surface area (Å²) in [5.74, 6) is 0. The zero-order valence-electron chi connectivity index (χ0n) is 17.9. The van der Waals surface area contributed by atoms with Crippen LogP contribution in [0.2, 0.25) is 0 Å². The van der Waals surface area contributed by atoms with Gasteiger partial charge in [0, 0.05) is 0 Å². The molecule has 165 valence electrons. The number of hydrogen-bond acceptors (Lipinski definition) is 7. The summed E-state index contributed by atoms with van der Waals surface area (Å²) in [5, 5.41) is 33.6. The fourth-order valence-corrected chi connectivity index (χ4v) is 3.63. The summed E-state index contributed by atoms with van der Waals surface area (Å²) in [7, 11) is 0. The molecule has 0 aromatic heterocycles. The number of rotatable bonds is 8. The quantitative estimate of drug-likeness (QED) is 0.434. The third kappa shape index (κ3) is 5.87. The van der Waals surface area contributed by atoms with Gasteiger partial charge in [-0.2, -0.15) is 5.43 Å². The lowest BCUT2D eigenvalue weighted by Gasteiger charge is -2.33. The fraction of sp³-hybridized carbons (Fsp3) is 0.400. The van der Waals surface area contributed by atoms with Crippen LogP contribution in [-0.4, -0.2) is 14.8 Å². The van der Waals surface area contributed by atoms with Crippen molar-refractivity contribution in [2.45, 2.75) is 46.5 Å². The molecule has 0 atom stereocenters. The highest BCUT2D eigenvalue weighted by Crippen LogP contribution is 2.39. The number of hydrogen-bond donors (Lipinski definition) is 1. The molecular weight excluding hydrogens is 406 g/mol. The van der Waals surface area contributed by atoms with Crippen LogP contribution < -0.4 is 10.9 Å². The number of anilines is 1. The molecule has 0 aliphatic heterocycles. The first-order valence-corrected chi connectivity index (χ1v) is 9.40. The topological polar surface area (TPSA) is 156 Å². The summed E-state index contributed by atoms with van der Waals surface area (Å²) in [5.41, 5.74) is 4.93. The molecule has 2 aromatic carbocycles. The summed E-state index contributed by atoms with van der Waals surface area (Å²) in [6.07, 6.45) is 0.943. The van der Waals surface area contributed by atoms with Crippen LogP contribution in [0.1, 0.15) is 46.6 Å². The van der Waals surface area contributed by atoms with E-state index < -0.39 is 37.5 Å². The highest BCUT2D eigenvalue weighted by Gasteiger charge is 2.32. The van der Waals surface area contributed by atoms with Crippen LogP contribution in [0.5, 0.6) is 0 Å². The van der Waals surface area contributed by atoms with Crippen LogP contribution >= 0.6 is 0 Å². The van der Waals surface area contributed by atoms with Crippen LogP contribution in [0.15, 0.2) is 36.4 Å².